The number of hydrogen-bond donors (Lipinski definition) is 1. The third-order valence-corrected chi connectivity index (χ3v) is 10.2. The minimum Gasteiger partial charge on any atom is -0.326 e. The lowest BCUT2D eigenvalue weighted by molar-refractivity contribution is -0.139. The van der Waals surface area contributed by atoms with Crippen molar-refractivity contribution in [1.82, 2.24) is 9.88 Å². The number of aromatic nitrogens is 1. The molecule has 1 N–H and O–H groups in total. The largest absolute Gasteiger partial charge is 0.326 e. The Morgan fingerprint density at radius 1 is 1.02 bits per heavy atom. The molecule has 4 amide bonds. The first-order valence-corrected chi connectivity index (χ1v) is 17.0. The fourth-order valence-electron chi connectivity index (χ4n) is 7.04. The van der Waals surface area contributed by atoms with Crippen LogP contribution >= 0.6 is 11.8 Å². The smallest absolute Gasteiger partial charge is 0.257 e. The molecule has 1 saturated heterocycles. The summed E-state index contributed by atoms with van der Waals surface area (Å²) in [7, 11) is 0. The summed E-state index contributed by atoms with van der Waals surface area (Å²) >= 11 is 1.24. The predicted molar refractivity (Wildman–Crippen MR) is 176 cm³/mol. The SMILES string of the molecule is CC(=O)Nc1ccc(N2C(=O)C[C@@H](N(C(=O)CSc3nc4c(cc3C#N)C[C@H](c3ccccc3)CC4)C3CCCCC3)C2=O)cc1. The summed E-state index contributed by atoms with van der Waals surface area (Å²) in [6.07, 6.45) is 7.07. The van der Waals surface area contributed by atoms with Crippen LogP contribution in [0.5, 0.6) is 0 Å². The molecular weight excluding hydrogens is 598 g/mol. The summed E-state index contributed by atoms with van der Waals surface area (Å²) < 4.78 is 0. The van der Waals surface area contributed by atoms with Gasteiger partial charge in [0.15, 0.2) is 0 Å². The van der Waals surface area contributed by atoms with Crippen molar-refractivity contribution in [2.24, 2.45) is 0 Å². The molecule has 0 spiro atoms. The van der Waals surface area contributed by atoms with Gasteiger partial charge in [0.1, 0.15) is 17.1 Å². The van der Waals surface area contributed by atoms with Crippen LogP contribution < -0.4 is 10.2 Å². The molecule has 236 valence electrons. The van der Waals surface area contributed by atoms with Crippen LogP contribution in [0.4, 0.5) is 11.4 Å². The van der Waals surface area contributed by atoms with Gasteiger partial charge in [0.05, 0.1) is 23.4 Å². The lowest BCUT2D eigenvalue weighted by atomic mass is 9.82. The number of aryl methyl sites for hydroxylation is 1. The molecule has 9 nitrogen and oxygen atoms in total. The van der Waals surface area contributed by atoms with Crippen molar-refractivity contribution in [3.63, 3.8) is 0 Å². The van der Waals surface area contributed by atoms with E-state index in [0.717, 1.165) is 67.5 Å². The number of amides is 4. The van der Waals surface area contributed by atoms with Gasteiger partial charge in [-0.3, -0.25) is 19.2 Å². The van der Waals surface area contributed by atoms with Gasteiger partial charge in [-0.05, 0) is 79.5 Å². The number of fused-ring (bicyclic) bond motifs is 1. The summed E-state index contributed by atoms with van der Waals surface area (Å²) in [5.74, 6) is -0.817. The lowest BCUT2D eigenvalue weighted by Gasteiger charge is -2.37. The molecule has 1 aromatic heterocycles. The Kier molecular flexibility index (Phi) is 9.50. The first kappa shape index (κ1) is 31.5. The molecule has 3 aromatic rings. The van der Waals surface area contributed by atoms with Crippen molar-refractivity contribution in [3.05, 3.63) is 83.0 Å². The number of thioether (sulfide) groups is 1. The van der Waals surface area contributed by atoms with Gasteiger partial charge < -0.3 is 10.2 Å². The fraction of sp³-hybridized carbons (Fsp3) is 0.389. The number of nitriles is 1. The van der Waals surface area contributed by atoms with E-state index in [1.807, 2.05) is 12.1 Å². The lowest BCUT2D eigenvalue weighted by Crippen LogP contribution is -2.52. The molecular formula is C36H37N5O4S. The molecule has 6 rings (SSSR count). The van der Waals surface area contributed by atoms with E-state index >= 15 is 0 Å². The molecule has 2 heterocycles. The van der Waals surface area contributed by atoms with Gasteiger partial charge in [0.25, 0.3) is 5.91 Å². The first-order chi connectivity index (χ1) is 22.3. The Hall–Kier alpha value is -4.49. The Morgan fingerprint density at radius 3 is 2.46 bits per heavy atom. The van der Waals surface area contributed by atoms with Crippen molar-refractivity contribution in [2.45, 2.75) is 87.7 Å². The Labute approximate surface area is 273 Å². The van der Waals surface area contributed by atoms with Crippen molar-refractivity contribution < 1.29 is 19.2 Å². The van der Waals surface area contributed by atoms with Gasteiger partial charge in [-0.1, -0.05) is 61.4 Å². The van der Waals surface area contributed by atoms with E-state index < -0.39 is 11.9 Å². The summed E-state index contributed by atoms with van der Waals surface area (Å²) in [6.45, 7) is 1.41. The number of anilines is 2. The second kappa shape index (κ2) is 13.9. The molecule has 2 aromatic carbocycles. The zero-order chi connectivity index (χ0) is 32.2. The topological polar surface area (TPSA) is 123 Å². The van der Waals surface area contributed by atoms with E-state index in [9.17, 15) is 24.4 Å². The van der Waals surface area contributed by atoms with Crippen LogP contribution in [-0.2, 0) is 32.0 Å². The number of pyridine rings is 1. The van der Waals surface area contributed by atoms with E-state index in [0.29, 0.717) is 27.9 Å². The highest BCUT2D eigenvalue weighted by atomic mass is 32.2. The maximum Gasteiger partial charge on any atom is 0.257 e. The van der Waals surface area contributed by atoms with E-state index in [4.69, 9.17) is 4.98 Å². The number of carbonyl (C=O) groups is 4. The second-order valence-corrected chi connectivity index (χ2v) is 13.3. The fourth-order valence-corrected chi connectivity index (χ4v) is 7.89. The van der Waals surface area contributed by atoms with Gasteiger partial charge in [0.2, 0.25) is 17.7 Å². The number of rotatable bonds is 8. The minimum atomic E-state index is -0.888. The molecule has 1 aliphatic heterocycles. The maximum atomic E-state index is 14.0. The summed E-state index contributed by atoms with van der Waals surface area (Å²) in [5, 5.41) is 13.2. The predicted octanol–water partition coefficient (Wildman–Crippen LogP) is 5.77. The third kappa shape index (κ3) is 6.70. The van der Waals surface area contributed by atoms with Crippen LogP contribution in [0.15, 0.2) is 65.7 Å². The van der Waals surface area contributed by atoms with E-state index in [-0.39, 0.29) is 35.9 Å². The molecule has 2 atom stereocenters. The van der Waals surface area contributed by atoms with Gasteiger partial charge in [-0.2, -0.15) is 5.26 Å². The number of nitrogens with one attached hydrogen (secondary N) is 1. The number of nitrogens with zero attached hydrogens (tertiary/aromatic N) is 4. The van der Waals surface area contributed by atoms with Gasteiger partial charge in [-0.15, -0.1) is 0 Å². The Morgan fingerprint density at radius 2 is 1.76 bits per heavy atom. The molecule has 2 fully saturated rings. The number of benzene rings is 2. The molecule has 0 radical (unpaired) electrons. The van der Waals surface area contributed by atoms with Crippen molar-refractivity contribution in [1.29, 1.82) is 5.26 Å². The average molecular weight is 636 g/mol. The van der Waals surface area contributed by atoms with Crippen LogP contribution in [0, 0.1) is 11.3 Å². The minimum absolute atomic E-state index is 0.0208. The normalized spacial score (nSPS) is 19.8. The third-order valence-electron chi connectivity index (χ3n) is 9.24. The molecule has 10 heteroatoms. The van der Waals surface area contributed by atoms with E-state index in [1.165, 1.54) is 24.2 Å². The number of imide groups is 1. The van der Waals surface area contributed by atoms with Crippen LogP contribution in [-0.4, -0.2) is 51.3 Å². The highest BCUT2D eigenvalue weighted by molar-refractivity contribution is 8.00. The molecule has 46 heavy (non-hydrogen) atoms. The highest BCUT2D eigenvalue weighted by Crippen LogP contribution is 2.36. The van der Waals surface area contributed by atoms with Gasteiger partial charge in [0, 0.05) is 24.3 Å². The number of carbonyl (C=O) groups excluding carboxylic acids is 4. The van der Waals surface area contributed by atoms with Gasteiger partial charge in [-0.25, -0.2) is 9.88 Å². The van der Waals surface area contributed by atoms with Crippen LogP contribution in [0.1, 0.15) is 80.2 Å². The Balaban J connectivity index is 1.19. The Bertz CT molecular complexity index is 1680. The molecule has 0 unspecified atom stereocenters. The summed E-state index contributed by atoms with van der Waals surface area (Å²) in [4.78, 5) is 60.1. The zero-order valence-electron chi connectivity index (χ0n) is 25.9. The zero-order valence-corrected chi connectivity index (χ0v) is 26.7. The molecule has 3 aliphatic rings. The van der Waals surface area contributed by atoms with Crippen LogP contribution in [0.25, 0.3) is 0 Å². The van der Waals surface area contributed by atoms with Crippen molar-refractivity contribution in [3.8, 4) is 6.07 Å². The maximum absolute atomic E-state index is 14.0. The monoisotopic (exact) mass is 635 g/mol. The molecule has 2 aliphatic carbocycles. The second-order valence-electron chi connectivity index (χ2n) is 12.3. The number of hydrogen-bond acceptors (Lipinski definition) is 7. The van der Waals surface area contributed by atoms with E-state index in [1.54, 1.807) is 29.2 Å². The van der Waals surface area contributed by atoms with Crippen LogP contribution in [0.3, 0.4) is 0 Å². The van der Waals surface area contributed by atoms with Crippen LogP contribution in [0.2, 0.25) is 0 Å². The van der Waals surface area contributed by atoms with Crippen molar-refractivity contribution >= 4 is 46.8 Å². The quantitative estimate of drug-likeness (QED) is 0.246. The highest BCUT2D eigenvalue weighted by Gasteiger charge is 2.46. The molecule has 1 saturated carbocycles. The summed E-state index contributed by atoms with van der Waals surface area (Å²) in [6, 6.07) is 20.1. The standard InChI is InChI=1S/C36H37N5O4S/c1-23(42)38-28-13-15-30(16-14-28)41-33(43)20-32(36(41)45)40(29-10-6-3-7-11-29)34(44)22-46-35-27(21-37)19-26-18-25(12-17-31(26)39-35)24-8-4-2-5-9-24/h2,4-5,8-9,13-16,19,25,29,32H,3,6-7,10-12,17-18,20,22H2,1H3,(H,38,42)/t25-,32-/m1/s1. The molecule has 0 bridgehead atoms. The summed E-state index contributed by atoms with van der Waals surface area (Å²) in [5.41, 5.74) is 4.77. The van der Waals surface area contributed by atoms with E-state index in [2.05, 4.69) is 35.7 Å². The van der Waals surface area contributed by atoms with Gasteiger partial charge >= 0.3 is 0 Å². The first-order valence-electron chi connectivity index (χ1n) is 16.0. The average Bonchev–Trinajstić information content (AvgIpc) is 3.36. The van der Waals surface area contributed by atoms with Crippen molar-refractivity contribution in [2.75, 3.05) is 16.0 Å².